The Kier molecular flexibility index (Phi) is 8.24. The monoisotopic (exact) mass is 553 g/mol. The van der Waals surface area contributed by atoms with E-state index in [1.54, 1.807) is 39.8 Å². The van der Waals surface area contributed by atoms with Crippen LogP contribution in [-0.2, 0) is 42.3 Å². The zero-order valence-corrected chi connectivity index (χ0v) is 23.5. The molecule has 202 valence electrons. The van der Waals surface area contributed by atoms with Gasteiger partial charge in [0.15, 0.2) is 23.8 Å². The van der Waals surface area contributed by atoms with Gasteiger partial charge in [-0.1, -0.05) is 53.6 Å². The normalized spacial score (nSPS) is 31.3. The lowest BCUT2D eigenvalue weighted by Gasteiger charge is -2.31. The fourth-order valence-corrected chi connectivity index (χ4v) is 6.98. The number of hydrogen-bond donors (Lipinski definition) is 0. The Morgan fingerprint density at radius 1 is 0.811 bits per heavy atom. The molecule has 9 nitrogen and oxygen atoms in total. The maximum atomic E-state index is 12.9. The molecule has 0 spiro atoms. The second-order valence-electron chi connectivity index (χ2n) is 10.2. The van der Waals surface area contributed by atoms with Crippen molar-refractivity contribution in [3.63, 3.8) is 0 Å². The van der Waals surface area contributed by atoms with E-state index >= 15 is 0 Å². The first-order chi connectivity index (χ1) is 17.3. The van der Waals surface area contributed by atoms with E-state index in [9.17, 15) is 13.0 Å². The highest BCUT2D eigenvalue weighted by molar-refractivity contribution is 7.87. The maximum Gasteiger partial charge on any atom is 0.545 e. The van der Waals surface area contributed by atoms with Gasteiger partial charge in [0.05, 0.1) is 11.5 Å². The molecule has 0 amide bonds. The van der Waals surface area contributed by atoms with Gasteiger partial charge in [-0.15, -0.1) is 4.52 Å². The zero-order chi connectivity index (χ0) is 27.0. The first kappa shape index (κ1) is 28.3. The predicted octanol–water partition coefficient (Wildman–Crippen LogP) is 4.83. The summed E-state index contributed by atoms with van der Waals surface area (Å²) in [5.41, 5.74) is 2.22. The molecule has 0 bridgehead atoms. The molecule has 3 aliphatic heterocycles. The van der Waals surface area contributed by atoms with Crippen LogP contribution in [0, 0.1) is 13.8 Å². The number of hydrogen-bond acceptors (Lipinski definition) is 9. The van der Waals surface area contributed by atoms with E-state index in [0.717, 1.165) is 5.56 Å². The van der Waals surface area contributed by atoms with E-state index in [4.69, 9.17) is 27.7 Å². The molecule has 0 aliphatic carbocycles. The van der Waals surface area contributed by atoms with Crippen LogP contribution in [0.5, 0.6) is 0 Å². The average molecular weight is 554 g/mol. The van der Waals surface area contributed by atoms with Crippen molar-refractivity contribution in [2.75, 3.05) is 6.61 Å². The lowest BCUT2D eigenvalue weighted by molar-refractivity contribution is -0.173. The highest BCUT2D eigenvalue weighted by Crippen LogP contribution is 2.51. The summed E-state index contributed by atoms with van der Waals surface area (Å²) in [6.45, 7) is 11.1. The van der Waals surface area contributed by atoms with Gasteiger partial charge < -0.3 is 18.9 Å². The molecule has 0 N–H and O–H groups in total. The minimum absolute atomic E-state index is 0.0392. The molecular formula is C26H34O9PS+. The van der Waals surface area contributed by atoms with Crippen molar-refractivity contribution in [3.8, 4) is 0 Å². The predicted molar refractivity (Wildman–Crippen MR) is 136 cm³/mol. The van der Waals surface area contributed by atoms with E-state index in [0.29, 0.717) is 0 Å². The van der Waals surface area contributed by atoms with Crippen molar-refractivity contribution in [1.82, 2.24) is 0 Å². The maximum absolute atomic E-state index is 12.9. The van der Waals surface area contributed by atoms with Gasteiger partial charge in [-0.3, -0.25) is 0 Å². The Labute approximate surface area is 219 Å². The van der Waals surface area contributed by atoms with Gasteiger partial charge in [0, 0.05) is 0 Å². The van der Waals surface area contributed by atoms with Gasteiger partial charge in [-0.25, -0.2) is 4.18 Å². The molecule has 3 aliphatic rings. The molecule has 37 heavy (non-hydrogen) atoms. The minimum atomic E-state index is -4.20. The summed E-state index contributed by atoms with van der Waals surface area (Å²) in [5, 5.41) is 0. The summed E-state index contributed by atoms with van der Waals surface area (Å²) in [6, 6.07) is 16.4. The van der Waals surface area contributed by atoms with Crippen LogP contribution < -0.4 is 0 Å². The van der Waals surface area contributed by atoms with Gasteiger partial charge in [0.1, 0.15) is 12.2 Å². The first-order valence-corrected chi connectivity index (χ1v) is 14.7. The van der Waals surface area contributed by atoms with E-state index < -0.39 is 60.0 Å². The fraction of sp³-hybridized carbons (Fsp3) is 0.538. The lowest BCUT2D eigenvalue weighted by Crippen LogP contribution is -2.53. The summed E-state index contributed by atoms with van der Waals surface area (Å²) in [4.78, 5) is -0.0392. The third kappa shape index (κ3) is 6.82. The molecular weight excluding hydrogens is 519 g/mol. The van der Waals surface area contributed by atoms with Crippen LogP contribution in [0.25, 0.3) is 0 Å². The largest absolute Gasteiger partial charge is 0.545 e. The summed E-state index contributed by atoms with van der Waals surface area (Å²) in [7, 11) is -6.76. The smallest absolute Gasteiger partial charge is 0.348 e. The van der Waals surface area contributed by atoms with E-state index in [1.165, 1.54) is 17.7 Å². The van der Waals surface area contributed by atoms with Crippen molar-refractivity contribution >= 4 is 18.1 Å². The summed E-state index contributed by atoms with van der Waals surface area (Å²) in [6.07, 6.45) is -2.97. The SMILES string of the molecule is Cc1ccc(S(=O)(=O)O[C@H]2[C@H]3OC(C)(C)O[C@H]3[C@@H]([C@H]3COC(C)(C)O3)O[P+]2=O)cc1.Cc1ccccc1. The molecule has 3 saturated heterocycles. The van der Waals surface area contributed by atoms with Gasteiger partial charge in [0.2, 0.25) is 0 Å². The second kappa shape index (κ2) is 10.8. The van der Waals surface area contributed by atoms with Crippen molar-refractivity contribution in [3.05, 3.63) is 65.7 Å². The summed E-state index contributed by atoms with van der Waals surface area (Å²) < 4.78 is 72.9. The van der Waals surface area contributed by atoms with Crippen LogP contribution in [0.1, 0.15) is 38.8 Å². The molecule has 2 aromatic carbocycles. The van der Waals surface area contributed by atoms with E-state index in [1.807, 2.05) is 25.1 Å². The molecule has 3 fully saturated rings. The Bertz CT molecular complexity index is 1200. The Morgan fingerprint density at radius 2 is 1.41 bits per heavy atom. The topological polar surface area (TPSA) is 107 Å². The number of rotatable bonds is 4. The molecule has 1 unspecified atom stereocenters. The third-order valence-electron chi connectivity index (χ3n) is 6.07. The van der Waals surface area contributed by atoms with Gasteiger partial charge >= 0.3 is 24.0 Å². The molecule has 0 radical (unpaired) electrons. The third-order valence-corrected chi connectivity index (χ3v) is 8.79. The van der Waals surface area contributed by atoms with E-state index in [2.05, 4.69) is 19.1 Å². The quantitative estimate of drug-likeness (QED) is 0.389. The number of aryl methyl sites for hydroxylation is 2. The highest BCUT2D eigenvalue weighted by atomic mass is 32.2. The molecule has 3 heterocycles. The first-order valence-electron chi connectivity index (χ1n) is 12.1. The molecule has 2 aromatic rings. The Hall–Kier alpha value is -1.75. The standard InChI is InChI=1S/C19H26O9PS.C7H8/c1-11-6-8-12(9-7-11)30(21,22)28-17-16-15(25-19(4,5)26-16)14(27-29(17)20)13-10-23-18(2,3)24-13;1-7-5-3-2-4-6-7/h6-9,13-17H,10H2,1-5H3;2-6H,1H3/q+1;/t13-,14-,15+,16+,17-;/m1./s1. The van der Waals surface area contributed by atoms with Gasteiger partial charge in [0.25, 0.3) is 0 Å². The van der Waals surface area contributed by atoms with Crippen molar-refractivity contribution in [2.24, 2.45) is 0 Å². The number of benzene rings is 2. The molecule has 0 saturated carbocycles. The molecule has 0 aromatic heterocycles. The number of ether oxygens (including phenoxy) is 4. The Morgan fingerprint density at radius 3 is 1.95 bits per heavy atom. The van der Waals surface area contributed by atoms with Crippen LogP contribution >= 0.6 is 8.03 Å². The van der Waals surface area contributed by atoms with Gasteiger partial charge in [-0.2, -0.15) is 8.42 Å². The second-order valence-corrected chi connectivity index (χ2v) is 13.1. The fourth-order valence-electron chi connectivity index (χ4n) is 4.32. The van der Waals surface area contributed by atoms with Crippen LogP contribution in [0.15, 0.2) is 59.5 Å². The summed E-state index contributed by atoms with van der Waals surface area (Å²) >= 11 is 0. The van der Waals surface area contributed by atoms with Crippen molar-refractivity contribution < 1.29 is 40.6 Å². The Balaban J connectivity index is 0.000000396. The minimum Gasteiger partial charge on any atom is -0.348 e. The molecule has 11 heteroatoms. The molecule has 6 atom stereocenters. The van der Waals surface area contributed by atoms with Crippen LogP contribution in [-0.4, -0.2) is 56.9 Å². The van der Waals surface area contributed by atoms with Crippen LogP contribution in [0.2, 0.25) is 0 Å². The molecule has 5 rings (SSSR count). The number of fused-ring (bicyclic) bond motifs is 1. The van der Waals surface area contributed by atoms with Crippen molar-refractivity contribution in [2.45, 2.75) is 88.3 Å². The summed E-state index contributed by atoms with van der Waals surface area (Å²) in [5.74, 6) is -3.21. The highest BCUT2D eigenvalue weighted by Gasteiger charge is 2.66. The lowest BCUT2D eigenvalue weighted by atomic mass is 10.0. The van der Waals surface area contributed by atoms with Crippen molar-refractivity contribution in [1.29, 1.82) is 0 Å². The van der Waals surface area contributed by atoms with Crippen LogP contribution in [0.3, 0.4) is 0 Å². The van der Waals surface area contributed by atoms with Gasteiger partial charge in [-0.05, 0) is 58.2 Å². The van der Waals surface area contributed by atoms with Crippen LogP contribution in [0.4, 0.5) is 0 Å². The zero-order valence-electron chi connectivity index (χ0n) is 21.8. The average Bonchev–Trinajstić information content (AvgIpc) is 3.34. The van der Waals surface area contributed by atoms with E-state index in [-0.39, 0.29) is 11.5 Å².